The molecule has 2 radical (unpaired) electrons. The van der Waals surface area contributed by atoms with E-state index in [4.69, 9.17) is 7.85 Å². The molecule has 6 aromatic rings. The smallest absolute Gasteiger partial charge is 0.113 e. The second kappa shape index (κ2) is 5.66. The Kier molecular flexibility index (Phi) is 3.03. The Balaban J connectivity index is 1.51. The van der Waals surface area contributed by atoms with Crippen molar-refractivity contribution >= 4 is 56.9 Å². The molecule has 4 aromatic carbocycles. The molecule has 2 heterocycles. The van der Waals surface area contributed by atoms with Crippen LogP contribution in [0.15, 0.2) is 48.5 Å². The maximum atomic E-state index is 6.13. The van der Waals surface area contributed by atoms with E-state index in [1.807, 2.05) is 6.07 Å². The number of aryl methyl sites for hydroxylation is 5. The summed E-state index contributed by atoms with van der Waals surface area (Å²) in [6, 6.07) is 17.9. The van der Waals surface area contributed by atoms with Gasteiger partial charge in [-0.05, 0) is 96.3 Å². The summed E-state index contributed by atoms with van der Waals surface area (Å²) in [6.45, 7) is 2.18. The molecule has 2 aliphatic carbocycles. The molecule has 0 unspecified atom stereocenters. The number of hydrogen-bond donors (Lipinski definition) is 2. The first kappa shape index (κ1) is 17.1. The predicted octanol–water partition coefficient (Wildman–Crippen LogP) is 5.92. The average molecular weight is 408 g/mol. The lowest BCUT2D eigenvalue weighted by atomic mass is 9.74. The van der Waals surface area contributed by atoms with E-state index in [2.05, 4.69) is 59.4 Å². The zero-order valence-electron chi connectivity index (χ0n) is 18.0. The highest BCUT2D eigenvalue weighted by molar-refractivity contribution is 6.34. The van der Waals surface area contributed by atoms with Crippen molar-refractivity contribution in [1.29, 1.82) is 0 Å². The van der Waals surface area contributed by atoms with Gasteiger partial charge in [-0.1, -0.05) is 29.2 Å². The lowest BCUT2D eigenvalue weighted by Crippen LogP contribution is -2.15. The molecule has 2 aromatic heterocycles. The third-order valence-electron chi connectivity index (χ3n) is 7.88. The number of nitrogens with one attached hydrogen (secondary N) is 2. The zero-order valence-corrected chi connectivity index (χ0v) is 18.0. The van der Waals surface area contributed by atoms with E-state index in [1.165, 1.54) is 82.6 Å². The molecule has 0 bridgehead atoms. The lowest BCUT2D eigenvalue weighted by Gasteiger charge is -2.30. The standard InChI is InChI=1S/C29H21BN2/c1-14-2-8-24-20(10-14)22-11-15-3-4-16-12-23-21-13-17(30)5-9-25(21)32-29(23)19-7-6-18(28(22)31-24)26(15)27(16)19/h2,5,8-13,31-32H,3-4,6-7H2,1H3. The monoisotopic (exact) mass is 408 g/mol. The van der Waals surface area contributed by atoms with Gasteiger partial charge in [0.2, 0.25) is 0 Å². The van der Waals surface area contributed by atoms with Crippen molar-refractivity contribution in [1.82, 2.24) is 9.97 Å². The molecule has 2 N–H and O–H groups in total. The first-order valence-electron chi connectivity index (χ1n) is 11.6. The highest BCUT2D eigenvalue weighted by Gasteiger charge is 2.30. The number of H-pyrrole nitrogens is 2. The van der Waals surface area contributed by atoms with Crippen LogP contribution in [0, 0.1) is 6.92 Å². The van der Waals surface area contributed by atoms with E-state index in [-0.39, 0.29) is 0 Å². The number of aromatic amines is 2. The second-order valence-corrected chi connectivity index (χ2v) is 9.73. The van der Waals surface area contributed by atoms with Crippen molar-refractivity contribution in [2.24, 2.45) is 0 Å². The number of fused-ring (bicyclic) bond motifs is 8. The van der Waals surface area contributed by atoms with Crippen LogP contribution in [0.25, 0.3) is 54.7 Å². The molecule has 3 heteroatoms. The van der Waals surface area contributed by atoms with E-state index < -0.39 is 0 Å². The summed E-state index contributed by atoms with van der Waals surface area (Å²) in [5.74, 6) is 0. The van der Waals surface area contributed by atoms with Crippen LogP contribution in [0.4, 0.5) is 0 Å². The minimum absolute atomic E-state index is 0.828. The van der Waals surface area contributed by atoms with E-state index >= 15 is 0 Å². The highest BCUT2D eigenvalue weighted by Crippen LogP contribution is 2.48. The fourth-order valence-corrected chi connectivity index (χ4v) is 6.50. The van der Waals surface area contributed by atoms with Crippen molar-refractivity contribution in [2.45, 2.75) is 32.6 Å². The molecule has 0 saturated heterocycles. The molecule has 32 heavy (non-hydrogen) atoms. The number of aromatic nitrogens is 2. The molecular formula is C29H21BN2. The van der Waals surface area contributed by atoms with Gasteiger partial charge in [0.1, 0.15) is 7.85 Å². The molecule has 0 atom stereocenters. The summed E-state index contributed by atoms with van der Waals surface area (Å²) in [5, 5.41) is 5.33. The van der Waals surface area contributed by atoms with Gasteiger partial charge in [0, 0.05) is 32.6 Å². The largest absolute Gasteiger partial charge is 0.354 e. The van der Waals surface area contributed by atoms with E-state index in [0.717, 1.165) is 31.1 Å². The van der Waals surface area contributed by atoms with E-state index in [1.54, 1.807) is 0 Å². The molecule has 0 fully saturated rings. The molecule has 150 valence electrons. The average Bonchev–Trinajstić information content (AvgIpc) is 3.34. The number of hydrogen-bond acceptors (Lipinski definition) is 0. The number of rotatable bonds is 0. The van der Waals surface area contributed by atoms with Crippen LogP contribution >= 0.6 is 0 Å². The Hall–Kier alpha value is -3.46. The summed E-state index contributed by atoms with van der Waals surface area (Å²) in [5.41, 5.74) is 16.2. The minimum atomic E-state index is 0.828. The molecule has 0 aliphatic heterocycles. The molecule has 0 saturated carbocycles. The van der Waals surface area contributed by atoms with Gasteiger partial charge in [-0.3, -0.25) is 0 Å². The maximum Gasteiger partial charge on any atom is 0.113 e. The van der Waals surface area contributed by atoms with Gasteiger partial charge in [-0.15, -0.1) is 0 Å². The molecule has 8 rings (SSSR count). The Morgan fingerprint density at radius 3 is 1.81 bits per heavy atom. The Morgan fingerprint density at radius 2 is 1.19 bits per heavy atom. The van der Waals surface area contributed by atoms with E-state index in [9.17, 15) is 0 Å². The third kappa shape index (κ3) is 2.02. The van der Waals surface area contributed by atoms with Crippen molar-refractivity contribution in [2.75, 3.05) is 0 Å². The Labute approximate surface area is 187 Å². The molecule has 0 spiro atoms. The van der Waals surface area contributed by atoms with Gasteiger partial charge in [0.05, 0.1) is 11.0 Å². The van der Waals surface area contributed by atoms with Gasteiger partial charge < -0.3 is 9.97 Å². The normalized spacial score (nSPS) is 14.7. The van der Waals surface area contributed by atoms with Gasteiger partial charge in [0.15, 0.2) is 0 Å². The fourth-order valence-electron chi connectivity index (χ4n) is 6.50. The van der Waals surface area contributed by atoms with Crippen LogP contribution in [0.1, 0.15) is 27.8 Å². The van der Waals surface area contributed by atoms with E-state index in [0.29, 0.717) is 0 Å². The first-order valence-corrected chi connectivity index (χ1v) is 11.6. The van der Waals surface area contributed by atoms with Crippen LogP contribution in [0.2, 0.25) is 0 Å². The molecule has 0 amide bonds. The van der Waals surface area contributed by atoms with Crippen molar-refractivity contribution in [3.8, 4) is 11.1 Å². The van der Waals surface area contributed by atoms with Crippen molar-refractivity contribution < 1.29 is 0 Å². The Bertz CT molecular complexity index is 1660. The van der Waals surface area contributed by atoms with Crippen LogP contribution in [0.3, 0.4) is 0 Å². The van der Waals surface area contributed by atoms with Crippen LogP contribution in [-0.2, 0) is 25.7 Å². The summed E-state index contributed by atoms with van der Waals surface area (Å²) in [6.07, 6.45) is 4.36. The lowest BCUT2D eigenvalue weighted by molar-refractivity contribution is 0.888. The number of benzene rings is 4. The van der Waals surface area contributed by atoms with Gasteiger partial charge in [-0.2, -0.15) is 0 Å². The van der Waals surface area contributed by atoms with Gasteiger partial charge >= 0.3 is 0 Å². The van der Waals surface area contributed by atoms with Crippen molar-refractivity contribution in [3.05, 3.63) is 76.3 Å². The quantitative estimate of drug-likeness (QED) is 0.293. The fraction of sp³-hybridized carbons (Fsp3) is 0.172. The summed E-state index contributed by atoms with van der Waals surface area (Å²) < 4.78 is 0. The minimum Gasteiger partial charge on any atom is -0.354 e. The van der Waals surface area contributed by atoms with Crippen LogP contribution in [0.5, 0.6) is 0 Å². The topological polar surface area (TPSA) is 31.6 Å². The maximum absolute atomic E-state index is 6.13. The van der Waals surface area contributed by atoms with Crippen LogP contribution < -0.4 is 5.46 Å². The molecule has 2 nitrogen and oxygen atoms in total. The second-order valence-electron chi connectivity index (χ2n) is 9.73. The summed E-state index contributed by atoms with van der Waals surface area (Å²) in [4.78, 5) is 7.51. The molecule has 2 aliphatic rings. The molecular weight excluding hydrogens is 387 g/mol. The predicted molar refractivity (Wildman–Crippen MR) is 136 cm³/mol. The van der Waals surface area contributed by atoms with Crippen LogP contribution in [-0.4, -0.2) is 17.8 Å². The third-order valence-corrected chi connectivity index (χ3v) is 7.88. The SMILES string of the molecule is [B]c1ccc2[nH]c3c4c5c(cc3c2c1)CCc1cc2c([nH]c3ccc(C)cc32)c(c1-5)CC4. The van der Waals surface area contributed by atoms with Crippen molar-refractivity contribution in [3.63, 3.8) is 0 Å². The highest BCUT2D eigenvalue weighted by atomic mass is 14.7. The Morgan fingerprint density at radius 1 is 0.625 bits per heavy atom. The van der Waals surface area contributed by atoms with Gasteiger partial charge in [0.25, 0.3) is 0 Å². The zero-order chi connectivity index (χ0) is 21.1. The first-order chi connectivity index (χ1) is 15.7. The van der Waals surface area contributed by atoms with Gasteiger partial charge in [-0.25, -0.2) is 0 Å². The summed E-state index contributed by atoms with van der Waals surface area (Å²) >= 11 is 0. The summed E-state index contributed by atoms with van der Waals surface area (Å²) in [7, 11) is 6.13.